The van der Waals surface area contributed by atoms with Crippen LogP contribution in [-0.4, -0.2) is 32.7 Å². The molecule has 1 saturated heterocycles. The molecule has 3 nitrogen and oxygen atoms in total. The molecule has 20 heavy (non-hydrogen) atoms. The van der Waals surface area contributed by atoms with Gasteiger partial charge in [-0.3, -0.25) is 0 Å². The average Bonchev–Trinajstić information content (AvgIpc) is 3.16. The van der Waals surface area contributed by atoms with Crippen molar-refractivity contribution in [2.45, 2.75) is 18.8 Å². The molecule has 0 N–H and O–H groups in total. The van der Waals surface area contributed by atoms with E-state index in [-0.39, 0.29) is 29.5 Å². The van der Waals surface area contributed by atoms with Crippen LogP contribution in [0.4, 0.5) is 0 Å². The smallest absolute Gasteiger partial charge is 0.164 e. The second kappa shape index (κ2) is 11.0. The van der Waals surface area contributed by atoms with Crippen LogP contribution in [0.3, 0.4) is 0 Å². The van der Waals surface area contributed by atoms with Gasteiger partial charge in [0.1, 0.15) is 0 Å². The van der Waals surface area contributed by atoms with Gasteiger partial charge in [0.15, 0.2) is 6.29 Å². The van der Waals surface area contributed by atoms with Gasteiger partial charge in [-0.25, -0.2) is 0 Å². The topological polar surface area (TPSA) is 27.7 Å². The van der Waals surface area contributed by atoms with Crippen molar-refractivity contribution in [3.8, 4) is 0 Å². The van der Waals surface area contributed by atoms with Crippen LogP contribution in [0.25, 0.3) is 0 Å². The number of rotatable bonds is 3. The summed E-state index contributed by atoms with van der Waals surface area (Å²) in [5, 5.41) is 0. The van der Waals surface area contributed by atoms with Gasteiger partial charge in [0, 0.05) is 30.1 Å². The van der Waals surface area contributed by atoms with Crippen molar-refractivity contribution in [3.05, 3.63) is 63.7 Å². The first-order valence-electron chi connectivity index (χ1n) is 6.54. The summed E-state index contributed by atoms with van der Waals surface area (Å²) in [4.78, 5) is 0. The maximum atomic E-state index is 5.72. The van der Waals surface area contributed by atoms with E-state index in [0.717, 1.165) is 18.9 Å². The summed E-state index contributed by atoms with van der Waals surface area (Å²) >= 11 is 0. The second-order valence-corrected chi connectivity index (χ2v) is 4.39. The van der Waals surface area contributed by atoms with Crippen LogP contribution >= 0.6 is 0 Å². The van der Waals surface area contributed by atoms with Gasteiger partial charge in [0.05, 0.1) is 19.3 Å². The van der Waals surface area contributed by atoms with Crippen molar-refractivity contribution in [1.29, 1.82) is 0 Å². The van der Waals surface area contributed by atoms with E-state index in [0.29, 0.717) is 6.61 Å². The third-order valence-corrected chi connectivity index (χ3v) is 2.89. The van der Waals surface area contributed by atoms with E-state index in [4.69, 9.17) is 14.2 Å². The van der Waals surface area contributed by atoms with Gasteiger partial charge in [-0.15, -0.1) is 0 Å². The van der Waals surface area contributed by atoms with Gasteiger partial charge in [-0.05, 0) is 64.2 Å². The fraction of sp³-hybridized carbons (Fsp3) is 0.375. The van der Waals surface area contributed by atoms with Gasteiger partial charge in [-0.2, -0.15) is 0 Å². The van der Waals surface area contributed by atoms with Crippen molar-refractivity contribution in [2.75, 3.05) is 20.3 Å². The first-order valence-corrected chi connectivity index (χ1v) is 6.54. The van der Waals surface area contributed by atoms with E-state index >= 15 is 0 Å². The largest absolute Gasteiger partial charge is 0.382 e. The Hall–Kier alpha value is 0.399. The molecule has 10 radical (unpaired) electrons. The molecular weight excluding hydrogens is 296 g/mol. The fourth-order valence-corrected chi connectivity index (χ4v) is 1.94. The molecule has 4 heteroatoms. The molecule has 110 valence electrons. The molecule has 3 fully saturated rings. The molecule has 1 heterocycles. The SMILES string of the molecule is COC[C@@H]1CCOC([C]2[CH][CH][CH][CH]2)O1.[CH]1[CH][CH][CH][CH]1.[Fe]. The van der Waals surface area contributed by atoms with Crippen molar-refractivity contribution < 1.29 is 31.3 Å². The minimum atomic E-state index is -0.209. The van der Waals surface area contributed by atoms with Crippen molar-refractivity contribution >= 4 is 0 Å². The summed E-state index contributed by atoms with van der Waals surface area (Å²) in [5.74, 6) is 1.09. The average molecular weight is 316 g/mol. The Labute approximate surface area is 134 Å². The minimum Gasteiger partial charge on any atom is -0.382 e. The van der Waals surface area contributed by atoms with Crippen LogP contribution < -0.4 is 0 Å². The third kappa shape index (κ3) is 6.44. The van der Waals surface area contributed by atoms with E-state index in [9.17, 15) is 0 Å². The van der Waals surface area contributed by atoms with Crippen molar-refractivity contribution in [3.63, 3.8) is 0 Å². The minimum absolute atomic E-state index is 0. The number of methoxy groups -OCH3 is 1. The molecule has 3 aliphatic rings. The van der Waals surface area contributed by atoms with Crippen LogP contribution in [0, 0.1) is 63.7 Å². The summed E-state index contributed by atoms with van der Waals surface area (Å²) in [6.07, 6.45) is 18.9. The molecule has 0 spiro atoms. The molecule has 1 unspecified atom stereocenters. The molecule has 0 aromatic rings. The molecule has 0 aromatic carbocycles. The zero-order valence-electron chi connectivity index (χ0n) is 11.6. The van der Waals surface area contributed by atoms with Gasteiger partial charge in [-0.1, -0.05) is 0 Å². The second-order valence-electron chi connectivity index (χ2n) is 4.39. The number of ether oxygens (including phenoxy) is 3. The zero-order valence-corrected chi connectivity index (χ0v) is 12.7. The van der Waals surface area contributed by atoms with Crippen LogP contribution in [0.15, 0.2) is 0 Å². The predicted octanol–water partition coefficient (Wildman–Crippen LogP) is 2.19. The standard InChI is InChI=1S/C11H15O3.C5H5.Fe/c1-12-8-10-6-7-13-11(14-10)9-4-2-3-5-9;1-2-4-5-3-1;/h2-5,10-11H,6-8H2,1H3;1-5H;/t10-,11?;;/m0../s1. The molecule has 2 atom stereocenters. The normalized spacial score (nSPS) is 30.4. The van der Waals surface area contributed by atoms with E-state index in [1.807, 2.05) is 57.8 Å². The Balaban J connectivity index is 0.000000283. The van der Waals surface area contributed by atoms with Crippen LogP contribution in [-0.2, 0) is 31.3 Å². The Kier molecular flexibility index (Phi) is 10.2. The molecular formula is C16H20FeO3. The Bertz CT molecular complexity index is 218. The summed E-state index contributed by atoms with van der Waals surface area (Å²) < 4.78 is 16.3. The maximum absolute atomic E-state index is 5.72. The molecule has 3 rings (SSSR count). The Morgan fingerprint density at radius 3 is 2.20 bits per heavy atom. The van der Waals surface area contributed by atoms with Gasteiger partial charge >= 0.3 is 0 Å². The zero-order chi connectivity index (χ0) is 13.3. The molecule has 1 aliphatic heterocycles. The van der Waals surface area contributed by atoms with Crippen LogP contribution in [0.1, 0.15) is 6.42 Å². The van der Waals surface area contributed by atoms with Gasteiger partial charge in [0.2, 0.25) is 0 Å². The first-order chi connectivity index (χ1) is 9.40. The summed E-state index contributed by atoms with van der Waals surface area (Å²) in [5.41, 5.74) is 0. The molecule has 2 aliphatic carbocycles. The molecule has 0 amide bonds. The van der Waals surface area contributed by atoms with Gasteiger partial charge < -0.3 is 14.2 Å². The fourth-order valence-electron chi connectivity index (χ4n) is 1.94. The van der Waals surface area contributed by atoms with E-state index < -0.39 is 0 Å². The van der Waals surface area contributed by atoms with Crippen molar-refractivity contribution in [1.82, 2.24) is 0 Å². The summed E-state index contributed by atoms with van der Waals surface area (Å²) in [7, 11) is 1.69. The Morgan fingerprint density at radius 1 is 1.05 bits per heavy atom. The first kappa shape index (κ1) is 18.4. The molecule has 0 aromatic heterocycles. The van der Waals surface area contributed by atoms with E-state index in [1.165, 1.54) is 0 Å². The van der Waals surface area contributed by atoms with Crippen molar-refractivity contribution in [2.24, 2.45) is 0 Å². The molecule has 2 saturated carbocycles. The monoisotopic (exact) mass is 316 g/mol. The predicted molar refractivity (Wildman–Crippen MR) is 73.0 cm³/mol. The Morgan fingerprint density at radius 2 is 1.65 bits per heavy atom. The number of hydrogen-bond donors (Lipinski definition) is 0. The summed E-state index contributed by atoms with van der Waals surface area (Å²) in [6, 6.07) is 0. The van der Waals surface area contributed by atoms with Crippen LogP contribution in [0.2, 0.25) is 0 Å². The summed E-state index contributed by atoms with van der Waals surface area (Å²) in [6.45, 7) is 1.38. The van der Waals surface area contributed by atoms with E-state index in [1.54, 1.807) is 7.11 Å². The maximum Gasteiger partial charge on any atom is 0.164 e. The van der Waals surface area contributed by atoms with Gasteiger partial charge in [0.25, 0.3) is 0 Å². The quantitative estimate of drug-likeness (QED) is 0.747. The van der Waals surface area contributed by atoms with E-state index in [2.05, 4.69) is 0 Å². The number of hydrogen-bond acceptors (Lipinski definition) is 3. The van der Waals surface area contributed by atoms with Crippen LogP contribution in [0.5, 0.6) is 0 Å². The molecule has 0 bridgehead atoms. The third-order valence-electron chi connectivity index (χ3n) is 2.89.